The average Bonchev–Trinajstić information content (AvgIpc) is 2.17. The molecule has 4 heteroatoms. The third kappa shape index (κ3) is 1.92. The van der Waals surface area contributed by atoms with Crippen molar-refractivity contribution in [3.8, 4) is 11.1 Å². The highest BCUT2D eigenvalue weighted by Gasteiger charge is 2.07. The monoisotopic (exact) mass is 219 g/mol. The van der Waals surface area contributed by atoms with E-state index in [1.807, 2.05) is 31.2 Å². The van der Waals surface area contributed by atoms with E-state index in [9.17, 15) is 0 Å². The minimum Gasteiger partial charge on any atom is -0.383 e. The number of hydrogen-bond donors (Lipinski definition) is 1. The van der Waals surface area contributed by atoms with Gasteiger partial charge in [-0.25, -0.2) is 9.97 Å². The van der Waals surface area contributed by atoms with Gasteiger partial charge in [0.2, 0.25) is 0 Å². The van der Waals surface area contributed by atoms with E-state index < -0.39 is 0 Å². The zero-order valence-electron chi connectivity index (χ0n) is 8.24. The highest BCUT2D eigenvalue weighted by atomic mass is 35.5. The third-order valence-electron chi connectivity index (χ3n) is 2.18. The van der Waals surface area contributed by atoms with Crippen LogP contribution in [0.4, 0.5) is 5.82 Å². The van der Waals surface area contributed by atoms with Crippen molar-refractivity contribution >= 4 is 17.4 Å². The zero-order chi connectivity index (χ0) is 10.8. The standard InChI is InChI=1S/C11H10ClN3/c1-7-10(11(13)15-6-14-7)8-3-2-4-9(12)5-8/h2-6H,1H3,(H2,13,14,15). The lowest BCUT2D eigenvalue weighted by Crippen LogP contribution is -1.98. The highest BCUT2D eigenvalue weighted by molar-refractivity contribution is 6.30. The Morgan fingerprint density at radius 1 is 1.27 bits per heavy atom. The molecule has 0 fully saturated rings. The van der Waals surface area contributed by atoms with Crippen LogP contribution in [0.1, 0.15) is 5.69 Å². The molecule has 3 nitrogen and oxygen atoms in total. The normalized spacial score (nSPS) is 10.3. The number of benzene rings is 1. The predicted molar refractivity (Wildman–Crippen MR) is 61.6 cm³/mol. The lowest BCUT2D eigenvalue weighted by Gasteiger charge is -2.07. The van der Waals surface area contributed by atoms with Crippen molar-refractivity contribution in [2.24, 2.45) is 0 Å². The minimum atomic E-state index is 0.477. The van der Waals surface area contributed by atoms with Gasteiger partial charge in [-0.3, -0.25) is 0 Å². The minimum absolute atomic E-state index is 0.477. The maximum atomic E-state index is 5.92. The summed E-state index contributed by atoms with van der Waals surface area (Å²) in [4.78, 5) is 8.08. The molecule has 0 aliphatic carbocycles. The molecule has 0 aliphatic heterocycles. The first-order valence-corrected chi connectivity index (χ1v) is 4.89. The second kappa shape index (κ2) is 3.87. The number of rotatable bonds is 1. The molecule has 0 bridgehead atoms. The van der Waals surface area contributed by atoms with Crippen LogP contribution < -0.4 is 5.73 Å². The molecule has 1 aromatic heterocycles. The van der Waals surface area contributed by atoms with E-state index in [1.165, 1.54) is 6.33 Å². The summed E-state index contributed by atoms with van der Waals surface area (Å²) in [5, 5.41) is 0.676. The number of hydrogen-bond acceptors (Lipinski definition) is 3. The predicted octanol–water partition coefficient (Wildman–Crippen LogP) is 2.69. The molecule has 76 valence electrons. The first-order chi connectivity index (χ1) is 7.18. The number of nitrogen functional groups attached to an aromatic ring is 1. The Morgan fingerprint density at radius 3 is 2.73 bits per heavy atom. The molecule has 15 heavy (non-hydrogen) atoms. The molecule has 2 N–H and O–H groups in total. The molecule has 0 aliphatic rings. The van der Waals surface area contributed by atoms with Gasteiger partial charge in [-0.15, -0.1) is 0 Å². The van der Waals surface area contributed by atoms with Gasteiger partial charge in [0.25, 0.3) is 0 Å². The first kappa shape index (κ1) is 9.93. The number of halogens is 1. The molecular formula is C11H10ClN3. The van der Waals surface area contributed by atoms with Gasteiger partial charge in [-0.1, -0.05) is 23.7 Å². The van der Waals surface area contributed by atoms with Crippen molar-refractivity contribution in [2.45, 2.75) is 6.92 Å². The quantitative estimate of drug-likeness (QED) is 0.802. The SMILES string of the molecule is Cc1ncnc(N)c1-c1cccc(Cl)c1. The largest absolute Gasteiger partial charge is 0.383 e. The van der Waals surface area contributed by atoms with Crippen LogP contribution >= 0.6 is 11.6 Å². The number of nitrogens with zero attached hydrogens (tertiary/aromatic N) is 2. The first-order valence-electron chi connectivity index (χ1n) is 4.51. The van der Waals surface area contributed by atoms with Gasteiger partial charge in [-0.2, -0.15) is 0 Å². The van der Waals surface area contributed by atoms with E-state index >= 15 is 0 Å². The van der Waals surface area contributed by atoms with E-state index in [0.717, 1.165) is 16.8 Å². The van der Waals surface area contributed by atoms with E-state index in [4.69, 9.17) is 17.3 Å². The molecule has 1 aromatic carbocycles. The van der Waals surface area contributed by atoms with Crippen LogP contribution in [0.2, 0.25) is 5.02 Å². The molecular weight excluding hydrogens is 210 g/mol. The second-order valence-corrected chi connectivity index (χ2v) is 3.67. The molecule has 0 radical (unpaired) electrons. The van der Waals surface area contributed by atoms with E-state index in [-0.39, 0.29) is 0 Å². The molecule has 1 heterocycles. The number of anilines is 1. The Morgan fingerprint density at radius 2 is 2.07 bits per heavy atom. The van der Waals surface area contributed by atoms with Crippen molar-refractivity contribution < 1.29 is 0 Å². The summed E-state index contributed by atoms with van der Waals surface area (Å²) in [6.07, 6.45) is 1.46. The molecule has 0 saturated heterocycles. The molecule has 0 amide bonds. The summed E-state index contributed by atoms with van der Waals surface area (Å²) >= 11 is 5.92. The molecule has 0 atom stereocenters. The lowest BCUT2D eigenvalue weighted by molar-refractivity contribution is 1.11. The van der Waals surface area contributed by atoms with Crippen LogP contribution in [-0.4, -0.2) is 9.97 Å². The summed E-state index contributed by atoms with van der Waals surface area (Å²) in [5.74, 6) is 0.477. The van der Waals surface area contributed by atoms with Crippen LogP contribution in [0, 0.1) is 6.92 Å². The Labute approximate surface area is 92.9 Å². The maximum Gasteiger partial charge on any atom is 0.134 e. The van der Waals surface area contributed by atoms with Crippen LogP contribution in [0.5, 0.6) is 0 Å². The molecule has 0 spiro atoms. The van der Waals surface area contributed by atoms with Gasteiger partial charge in [-0.05, 0) is 24.6 Å². The molecule has 2 aromatic rings. The van der Waals surface area contributed by atoms with Crippen molar-refractivity contribution in [3.05, 3.63) is 41.3 Å². The summed E-state index contributed by atoms with van der Waals surface area (Å²) in [7, 11) is 0. The number of aromatic nitrogens is 2. The second-order valence-electron chi connectivity index (χ2n) is 3.23. The summed E-state index contributed by atoms with van der Waals surface area (Å²) in [6, 6.07) is 7.49. The fourth-order valence-corrected chi connectivity index (χ4v) is 1.68. The maximum absolute atomic E-state index is 5.92. The molecule has 0 saturated carbocycles. The van der Waals surface area contributed by atoms with Gasteiger partial charge in [0.05, 0.1) is 5.69 Å². The van der Waals surface area contributed by atoms with Crippen LogP contribution in [0.3, 0.4) is 0 Å². The number of nitrogens with two attached hydrogens (primary N) is 1. The Kier molecular flexibility index (Phi) is 2.56. The third-order valence-corrected chi connectivity index (χ3v) is 2.41. The zero-order valence-corrected chi connectivity index (χ0v) is 8.99. The highest BCUT2D eigenvalue weighted by Crippen LogP contribution is 2.28. The van der Waals surface area contributed by atoms with E-state index in [0.29, 0.717) is 10.8 Å². The summed E-state index contributed by atoms with van der Waals surface area (Å²) in [6.45, 7) is 1.90. The van der Waals surface area contributed by atoms with Gasteiger partial charge in [0, 0.05) is 10.6 Å². The fourth-order valence-electron chi connectivity index (χ4n) is 1.49. The van der Waals surface area contributed by atoms with Crippen molar-refractivity contribution in [1.82, 2.24) is 9.97 Å². The van der Waals surface area contributed by atoms with Gasteiger partial charge in [0.15, 0.2) is 0 Å². The van der Waals surface area contributed by atoms with Crippen LogP contribution in [0.15, 0.2) is 30.6 Å². The van der Waals surface area contributed by atoms with E-state index in [1.54, 1.807) is 0 Å². The van der Waals surface area contributed by atoms with Crippen molar-refractivity contribution in [1.29, 1.82) is 0 Å². The van der Waals surface area contributed by atoms with Crippen LogP contribution in [-0.2, 0) is 0 Å². The van der Waals surface area contributed by atoms with Gasteiger partial charge in [0.1, 0.15) is 12.1 Å². The fraction of sp³-hybridized carbons (Fsp3) is 0.0909. The lowest BCUT2D eigenvalue weighted by atomic mass is 10.1. The Balaban J connectivity index is 2.63. The number of aryl methyl sites for hydroxylation is 1. The summed E-state index contributed by atoms with van der Waals surface area (Å²) in [5.41, 5.74) is 8.45. The van der Waals surface area contributed by atoms with Crippen LogP contribution in [0.25, 0.3) is 11.1 Å². The Bertz CT molecular complexity index is 477. The summed E-state index contributed by atoms with van der Waals surface area (Å²) < 4.78 is 0. The molecule has 0 unspecified atom stereocenters. The Hall–Kier alpha value is -1.61. The van der Waals surface area contributed by atoms with E-state index in [2.05, 4.69) is 9.97 Å². The topological polar surface area (TPSA) is 51.8 Å². The van der Waals surface area contributed by atoms with Gasteiger partial charge >= 0.3 is 0 Å². The van der Waals surface area contributed by atoms with Crippen molar-refractivity contribution in [2.75, 3.05) is 5.73 Å². The smallest absolute Gasteiger partial charge is 0.134 e. The average molecular weight is 220 g/mol. The van der Waals surface area contributed by atoms with Crippen molar-refractivity contribution in [3.63, 3.8) is 0 Å². The molecule has 2 rings (SSSR count). The van der Waals surface area contributed by atoms with Gasteiger partial charge < -0.3 is 5.73 Å².